The molecular formula is C17H21N7O4S. The normalized spacial score (nSPS) is 15.1. The molecule has 0 radical (unpaired) electrons. The lowest BCUT2D eigenvalue weighted by atomic mass is 10.4. The highest BCUT2D eigenvalue weighted by atomic mass is 32.1. The molecule has 4 heterocycles. The van der Waals surface area contributed by atoms with E-state index < -0.39 is 23.7 Å². The van der Waals surface area contributed by atoms with Gasteiger partial charge in [-0.1, -0.05) is 0 Å². The molecule has 11 nitrogen and oxygen atoms in total. The summed E-state index contributed by atoms with van der Waals surface area (Å²) >= 11 is 1.31. The number of imidazole rings is 1. The van der Waals surface area contributed by atoms with E-state index in [-0.39, 0.29) is 11.2 Å². The van der Waals surface area contributed by atoms with Crippen molar-refractivity contribution in [2.45, 2.75) is 13.1 Å². The first-order valence-corrected chi connectivity index (χ1v) is 9.97. The van der Waals surface area contributed by atoms with Gasteiger partial charge in [0.2, 0.25) is 5.91 Å². The van der Waals surface area contributed by atoms with E-state index in [1.54, 1.807) is 7.05 Å². The Morgan fingerprint density at radius 1 is 1.28 bits per heavy atom. The summed E-state index contributed by atoms with van der Waals surface area (Å²) in [6.45, 7) is 3.40. The smallest absolute Gasteiger partial charge is 0.332 e. The van der Waals surface area contributed by atoms with Crippen LogP contribution in [0.4, 0.5) is 5.13 Å². The number of ether oxygens (including phenoxy) is 1. The number of anilines is 1. The lowest BCUT2D eigenvalue weighted by molar-refractivity contribution is -0.116. The minimum Gasteiger partial charge on any atom is -0.379 e. The second kappa shape index (κ2) is 7.89. The summed E-state index contributed by atoms with van der Waals surface area (Å²) in [6.07, 6.45) is 1.46. The number of nitrogens with zero attached hydrogens (tertiary/aromatic N) is 6. The Hall–Kier alpha value is -2.83. The second-order valence-electron chi connectivity index (χ2n) is 6.84. The standard InChI is InChI=1S/C17H21N7O4S/c1-21-10-18-14-13(21)15(26)24(17(27)22(14)2)8-12(25)20-16-19-11(9-29-16)7-23-3-5-28-6-4-23/h9-10H,3-8H2,1-2H3,(H,19,20,25). The minimum absolute atomic E-state index is 0.266. The predicted octanol–water partition coefficient (Wildman–Crippen LogP) is -0.639. The van der Waals surface area contributed by atoms with Gasteiger partial charge in [-0.25, -0.2) is 19.3 Å². The highest BCUT2D eigenvalue weighted by Crippen LogP contribution is 2.17. The third-order valence-electron chi connectivity index (χ3n) is 4.79. The Labute approximate surface area is 169 Å². The fraction of sp³-hybridized carbons (Fsp3) is 0.471. The minimum atomic E-state index is -0.594. The van der Waals surface area contributed by atoms with Crippen LogP contribution >= 0.6 is 11.3 Å². The fourth-order valence-electron chi connectivity index (χ4n) is 3.26. The molecule has 1 amide bonds. The molecule has 29 heavy (non-hydrogen) atoms. The summed E-state index contributed by atoms with van der Waals surface area (Å²) in [5, 5.41) is 5.00. The van der Waals surface area contributed by atoms with Gasteiger partial charge in [0.1, 0.15) is 6.54 Å². The SMILES string of the molecule is Cn1cnc2c1c(=O)n(CC(=O)Nc1nc(CN3CCOCC3)cs1)c(=O)n2C. The first-order valence-electron chi connectivity index (χ1n) is 9.09. The van der Waals surface area contributed by atoms with E-state index in [9.17, 15) is 14.4 Å². The number of aromatic nitrogens is 5. The average Bonchev–Trinajstić information content (AvgIpc) is 3.30. The van der Waals surface area contributed by atoms with Crippen LogP contribution in [0.25, 0.3) is 11.2 Å². The van der Waals surface area contributed by atoms with Crippen molar-refractivity contribution < 1.29 is 9.53 Å². The molecule has 0 bridgehead atoms. The number of nitrogens with one attached hydrogen (secondary N) is 1. The number of amides is 1. The van der Waals surface area contributed by atoms with Crippen molar-refractivity contribution in [3.8, 4) is 0 Å². The Morgan fingerprint density at radius 2 is 2.03 bits per heavy atom. The van der Waals surface area contributed by atoms with Crippen molar-refractivity contribution in [1.82, 2.24) is 28.6 Å². The second-order valence-corrected chi connectivity index (χ2v) is 7.70. The molecule has 0 saturated carbocycles. The molecule has 1 aliphatic rings. The van der Waals surface area contributed by atoms with Gasteiger partial charge in [0.25, 0.3) is 5.56 Å². The maximum absolute atomic E-state index is 12.7. The summed E-state index contributed by atoms with van der Waals surface area (Å²) < 4.78 is 9.03. The van der Waals surface area contributed by atoms with Crippen LogP contribution in [-0.2, 0) is 36.7 Å². The van der Waals surface area contributed by atoms with Gasteiger partial charge in [0.05, 0.1) is 25.2 Å². The summed E-state index contributed by atoms with van der Waals surface area (Å²) in [4.78, 5) is 48.4. The summed E-state index contributed by atoms with van der Waals surface area (Å²) in [6, 6.07) is 0. The van der Waals surface area contributed by atoms with Gasteiger partial charge in [-0.3, -0.25) is 19.1 Å². The molecule has 0 unspecified atom stereocenters. The molecule has 1 N–H and O–H groups in total. The van der Waals surface area contributed by atoms with Crippen LogP contribution in [-0.4, -0.2) is 60.8 Å². The first kappa shape index (κ1) is 19.5. The van der Waals surface area contributed by atoms with Crippen LogP contribution < -0.4 is 16.6 Å². The molecule has 0 aliphatic carbocycles. The summed E-state index contributed by atoms with van der Waals surface area (Å²) in [7, 11) is 3.18. The lowest BCUT2D eigenvalue weighted by Crippen LogP contribution is -2.42. The fourth-order valence-corrected chi connectivity index (χ4v) is 3.98. The van der Waals surface area contributed by atoms with E-state index in [2.05, 4.69) is 20.2 Å². The monoisotopic (exact) mass is 419 g/mol. The highest BCUT2D eigenvalue weighted by molar-refractivity contribution is 7.13. The van der Waals surface area contributed by atoms with Gasteiger partial charge < -0.3 is 14.6 Å². The number of thiazole rings is 1. The number of hydrogen-bond donors (Lipinski definition) is 1. The van der Waals surface area contributed by atoms with Gasteiger partial charge in [-0.15, -0.1) is 11.3 Å². The first-order chi connectivity index (χ1) is 13.9. The number of hydrogen-bond acceptors (Lipinski definition) is 8. The molecule has 154 valence electrons. The molecule has 12 heteroatoms. The van der Waals surface area contributed by atoms with Crippen molar-refractivity contribution in [3.63, 3.8) is 0 Å². The van der Waals surface area contributed by atoms with Gasteiger partial charge in [-0.05, 0) is 0 Å². The third-order valence-corrected chi connectivity index (χ3v) is 5.60. The zero-order valence-corrected chi connectivity index (χ0v) is 16.9. The quantitative estimate of drug-likeness (QED) is 0.585. The Balaban J connectivity index is 1.48. The molecule has 1 fully saturated rings. The molecule has 0 spiro atoms. The molecule has 1 aliphatic heterocycles. The van der Waals surface area contributed by atoms with E-state index in [1.165, 1.54) is 33.8 Å². The van der Waals surface area contributed by atoms with Crippen LogP contribution in [0.3, 0.4) is 0 Å². The van der Waals surface area contributed by atoms with Crippen molar-refractivity contribution >= 4 is 33.5 Å². The van der Waals surface area contributed by atoms with E-state index in [4.69, 9.17) is 4.74 Å². The topological polar surface area (TPSA) is 116 Å². The number of aryl methyl sites for hydroxylation is 2. The number of fused-ring (bicyclic) bond motifs is 1. The molecule has 0 atom stereocenters. The molecule has 0 aromatic carbocycles. The highest BCUT2D eigenvalue weighted by Gasteiger charge is 2.18. The number of morpholine rings is 1. The Kier molecular flexibility index (Phi) is 5.30. The number of carbonyl (C=O) groups excluding carboxylic acids is 1. The molecule has 3 aromatic heterocycles. The molecular weight excluding hydrogens is 398 g/mol. The molecule has 4 rings (SSSR count). The van der Waals surface area contributed by atoms with E-state index >= 15 is 0 Å². The zero-order chi connectivity index (χ0) is 20.5. The van der Waals surface area contributed by atoms with Crippen LogP contribution in [0.1, 0.15) is 5.69 Å². The maximum atomic E-state index is 12.7. The van der Waals surface area contributed by atoms with Crippen molar-refractivity contribution in [2.24, 2.45) is 14.1 Å². The van der Waals surface area contributed by atoms with E-state index in [0.29, 0.717) is 24.9 Å². The summed E-state index contributed by atoms with van der Waals surface area (Å²) in [5.41, 5.74) is 0.263. The zero-order valence-electron chi connectivity index (χ0n) is 16.1. The lowest BCUT2D eigenvalue weighted by Gasteiger charge is -2.25. The van der Waals surface area contributed by atoms with Crippen molar-refractivity contribution in [2.75, 3.05) is 31.6 Å². The molecule has 1 saturated heterocycles. The van der Waals surface area contributed by atoms with E-state index in [1.807, 2.05) is 5.38 Å². The van der Waals surface area contributed by atoms with Gasteiger partial charge >= 0.3 is 5.69 Å². The maximum Gasteiger partial charge on any atom is 0.332 e. The van der Waals surface area contributed by atoms with Crippen LogP contribution in [0.2, 0.25) is 0 Å². The van der Waals surface area contributed by atoms with E-state index in [0.717, 1.165) is 23.4 Å². The van der Waals surface area contributed by atoms with Gasteiger partial charge in [0.15, 0.2) is 16.3 Å². The van der Waals surface area contributed by atoms with Crippen molar-refractivity contribution in [1.29, 1.82) is 0 Å². The molecule has 3 aromatic rings. The van der Waals surface area contributed by atoms with Crippen LogP contribution in [0.5, 0.6) is 0 Å². The predicted molar refractivity (Wildman–Crippen MR) is 107 cm³/mol. The Morgan fingerprint density at radius 3 is 2.79 bits per heavy atom. The third kappa shape index (κ3) is 3.86. The van der Waals surface area contributed by atoms with Gasteiger partial charge in [0, 0.05) is 39.1 Å². The van der Waals surface area contributed by atoms with Crippen molar-refractivity contribution in [3.05, 3.63) is 38.2 Å². The van der Waals surface area contributed by atoms with Crippen LogP contribution in [0.15, 0.2) is 21.3 Å². The number of carbonyl (C=O) groups is 1. The number of rotatable bonds is 5. The average molecular weight is 419 g/mol. The van der Waals surface area contributed by atoms with Gasteiger partial charge in [-0.2, -0.15) is 0 Å². The van der Waals surface area contributed by atoms with Crippen LogP contribution in [0, 0.1) is 0 Å². The summed E-state index contributed by atoms with van der Waals surface area (Å²) in [5.74, 6) is -0.488. The Bertz CT molecular complexity index is 1170. The largest absolute Gasteiger partial charge is 0.379 e.